The van der Waals surface area contributed by atoms with Gasteiger partial charge in [0.2, 0.25) is 10.0 Å². The Morgan fingerprint density at radius 1 is 1.20 bits per heavy atom. The van der Waals surface area contributed by atoms with Crippen LogP contribution < -0.4 is 9.88 Å². The van der Waals surface area contributed by atoms with Crippen LogP contribution in [-0.2, 0) is 15.4 Å². The van der Waals surface area contributed by atoms with Crippen molar-refractivity contribution in [2.24, 2.45) is 5.14 Å². The molecule has 0 unspecified atom stereocenters. The van der Waals surface area contributed by atoms with Gasteiger partial charge in [-0.2, -0.15) is 0 Å². The van der Waals surface area contributed by atoms with E-state index in [0.717, 1.165) is 11.3 Å². The van der Waals surface area contributed by atoms with Crippen molar-refractivity contribution in [3.05, 3.63) is 29.3 Å². The molecule has 0 heterocycles. The highest BCUT2D eigenvalue weighted by atomic mass is 32.2. The molecule has 0 radical (unpaired) electrons. The van der Waals surface area contributed by atoms with Crippen molar-refractivity contribution in [3.8, 4) is 5.75 Å². The van der Waals surface area contributed by atoms with Gasteiger partial charge in [-0.1, -0.05) is 32.9 Å². The molecular formula is C15H25NO3S. The molecule has 0 saturated heterocycles. The third-order valence-electron chi connectivity index (χ3n) is 3.12. The molecule has 5 heteroatoms. The average Bonchev–Trinajstić information content (AvgIpc) is 2.27. The van der Waals surface area contributed by atoms with Crippen LogP contribution in [0.2, 0.25) is 0 Å². The number of ether oxygens (including phenoxy) is 1. The molecule has 0 aliphatic rings. The van der Waals surface area contributed by atoms with Gasteiger partial charge in [0.25, 0.3) is 0 Å². The summed E-state index contributed by atoms with van der Waals surface area (Å²) in [6, 6.07) is 6.20. The molecule has 0 amide bonds. The number of hydrogen-bond donors (Lipinski definition) is 1. The normalized spacial score (nSPS) is 12.4. The van der Waals surface area contributed by atoms with Crippen LogP contribution in [0.25, 0.3) is 0 Å². The number of primary sulfonamides is 1. The van der Waals surface area contributed by atoms with Gasteiger partial charge < -0.3 is 4.74 Å². The molecule has 0 spiro atoms. The molecule has 0 aliphatic carbocycles. The standard InChI is InChI=1S/C15H25NO3S/c1-12-11-13(15(2,3)4)7-8-14(12)19-9-5-6-10-20(16,17)18/h7-8,11H,5-6,9-10H2,1-4H3,(H2,16,17,18). The smallest absolute Gasteiger partial charge is 0.209 e. The zero-order valence-electron chi connectivity index (χ0n) is 12.8. The summed E-state index contributed by atoms with van der Waals surface area (Å²) in [5.74, 6) is 0.867. The van der Waals surface area contributed by atoms with Crippen molar-refractivity contribution in [1.29, 1.82) is 0 Å². The van der Waals surface area contributed by atoms with Gasteiger partial charge in [0, 0.05) is 0 Å². The van der Waals surface area contributed by atoms with Crippen LogP contribution in [0.3, 0.4) is 0 Å². The molecule has 0 fully saturated rings. The van der Waals surface area contributed by atoms with Crippen LogP contribution in [-0.4, -0.2) is 20.8 Å². The maximum atomic E-state index is 10.8. The first kappa shape index (κ1) is 17.0. The first-order valence-corrected chi connectivity index (χ1v) is 8.55. The third kappa shape index (κ3) is 5.92. The largest absolute Gasteiger partial charge is 0.493 e. The average molecular weight is 299 g/mol. The Hall–Kier alpha value is -1.07. The van der Waals surface area contributed by atoms with Crippen LogP contribution in [0.1, 0.15) is 44.7 Å². The third-order valence-corrected chi connectivity index (χ3v) is 3.98. The fraction of sp³-hybridized carbons (Fsp3) is 0.600. The lowest BCUT2D eigenvalue weighted by Gasteiger charge is -2.20. The van der Waals surface area contributed by atoms with Crippen molar-refractivity contribution in [2.75, 3.05) is 12.4 Å². The summed E-state index contributed by atoms with van der Waals surface area (Å²) in [6.45, 7) is 9.06. The summed E-state index contributed by atoms with van der Waals surface area (Å²) < 4.78 is 27.3. The first-order chi connectivity index (χ1) is 9.09. The zero-order chi connectivity index (χ0) is 15.4. The summed E-state index contributed by atoms with van der Waals surface area (Å²) in [7, 11) is -3.35. The number of unbranched alkanes of at least 4 members (excludes halogenated alkanes) is 1. The van der Waals surface area contributed by atoms with Crippen LogP contribution in [0.4, 0.5) is 0 Å². The molecule has 0 saturated carbocycles. The summed E-state index contributed by atoms with van der Waals surface area (Å²) in [6.07, 6.45) is 1.20. The van der Waals surface area contributed by atoms with Gasteiger partial charge in [0.05, 0.1) is 12.4 Å². The number of nitrogens with two attached hydrogens (primary N) is 1. The highest BCUT2D eigenvalue weighted by Crippen LogP contribution is 2.27. The van der Waals surface area contributed by atoms with Crippen LogP contribution in [0, 0.1) is 6.92 Å². The molecule has 1 rings (SSSR count). The Labute approximate surface area is 122 Å². The van der Waals surface area contributed by atoms with Gasteiger partial charge in [-0.15, -0.1) is 0 Å². The monoisotopic (exact) mass is 299 g/mol. The van der Waals surface area contributed by atoms with E-state index in [9.17, 15) is 8.42 Å². The predicted octanol–water partition coefficient (Wildman–Crippen LogP) is 2.74. The van der Waals surface area contributed by atoms with E-state index in [4.69, 9.17) is 9.88 Å². The van der Waals surface area contributed by atoms with Crippen LogP contribution in [0.15, 0.2) is 18.2 Å². The van der Waals surface area contributed by atoms with Crippen molar-refractivity contribution < 1.29 is 13.2 Å². The topological polar surface area (TPSA) is 69.4 Å². The molecule has 0 bridgehead atoms. The highest BCUT2D eigenvalue weighted by molar-refractivity contribution is 7.89. The summed E-state index contributed by atoms with van der Waals surface area (Å²) >= 11 is 0. The molecule has 1 aromatic carbocycles. The minimum Gasteiger partial charge on any atom is -0.493 e. The lowest BCUT2D eigenvalue weighted by Crippen LogP contribution is -2.16. The van der Waals surface area contributed by atoms with Gasteiger partial charge in [-0.3, -0.25) is 0 Å². The van der Waals surface area contributed by atoms with Crippen molar-refractivity contribution in [3.63, 3.8) is 0 Å². The SMILES string of the molecule is Cc1cc(C(C)(C)C)ccc1OCCCCS(N)(=O)=O. The van der Waals surface area contributed by atoms with Crippen LogP contribution in [0.5, 0.6) is 5.75 Å². The van der Waals surface area contributed by atoms with E-state index >= 15 is 0 Å². The molecule has 4 nitrogen and oxygen atoms in total. The number of hydrogen-bond acceptors (Lipinski definition) is 3. The van der Waals surface area contributed by atoms with E-state index in [0.29, 0.717) is 19.4 Å². The maximum absolute atomic E-state index is 10.8. The van der Waals surface area contributed by atoms with Gasteiger partial charge in [0.1, 0.15) is 5.75 Å². The second-order valence-electron chi connectivity index (χ2n) is 6.15. The number of aryl methyl sites for hydroxylation is 1. The zero-order valence-corrected chi connectivity index (χ0v) is 13.6. The van der Waals surface area contributed by atoms with E-state index in [-0.39, 0.29) is 11.2 Å². The first-order valence-electron chi connectivity index (χ1n) is 6.84. The Bertz CT molecular complexity index is 545. The Morgan fingerprint density at radius 2 is 1.85 bits per heavy atom. The van der Waals surface area contributed by atoms with Gasteiger partial charge in [-0.05, 0) is 42.4 Å². The Morgan fingerprint density at radius 3 is 2.35 bits per heavy atom. The van der Waals surface area contributed by atoms with Crippen molar-refractivity contribution in [2.45, 2.75) is 46.0 Å². The van der Waals surface area contributed by atoms with Gasteiger partial charge in [0.15, 0.2) is 0 Å². The second kappa shape index (κ2) is 6.59. The van der Waals surface area contributed by atoms with Crippen molar-refractivity contribution in [1.82, 2.24) is 0 Å². The van der Waals surface area contributed by atoms with Crippen LogP contribution >= 0.6 is 0 Å². The minimum atomic E-state index is -3.35. The van der Waals surface area contributed by atoms with Gasteiger partial charge >= 0.3 is 0 Å². The second-order valence-corrected chi connectivity index (χ2v) is 7.89. The predicted molar refractivity (Wildman–Crippen MR) is 82.6 cm³/mol. The van der Waals surface area contributed by atoms with E-state index in [2.05, 4.69) is 32.9 Å². The maximum Gasteiger partial charge on any atom is 0.209 e. The molecule has 2 N–H and O–H groups in total. The highest BCUT2D eigenvalue weighted by Gasteiger charge is 2.14. The van der Waals surface area contributed by atoms with E-state index in [1.807, 2.05) is 13.0 Å². The number of rotatable bonds is 6. The molecule has 20 heavy (non-hydrogen) atoms. The molecule has 0 aromatic heterocycles. The fourth-order valence-electron chi connectivity index (χ4n) is 1.87. The fourth-order valence-corrected chi connectivity index (χ4v) is 2.47. The minimum absolute atomic E-state index is 0.0122. The van der Waals surface area contributed by atoms with E-state index in [1.54, 1.807) is 0 Å². The summed E-state index contributed by atoms with van der Waals surface area (Å²) in [4.78, 5) is 0. The van der Waals surface area contributed by atoms with Crippen molar-refractivity contribution >= 4 is 10.0 Å². The molecule has 0 aliphatic heterocycles. The lowest BCUT2D eigenvalue weighted by molar-refractivity contribution is 0.307. The number of benzene rings is 1. The van der Waals surface area contributed by atoms with Gasteiger partial charge in [-0.25, -0.2) is 13.6 Å². The molecule has 114 valence electrons. The molecule has 0 atom stereocenters. The molecular weight excluding hydrogens is 274 g/mol. The quantitative estimate of drug-likeness (QED) is 0.821. The lowest BCUT2D eigenvalue weighted by atomic mass is 9.86. The number of sulfonamides is 1. The Balaban J connectivity index is 2.49. The summed E-state index contributed by atoms with van der Waals surface area (Å²) in [5.41, 5.74) is 2.50. The summed E-state index contributed by atoms with van der Waals surface area (Å²) in [5, 5.41) is 4.94. The molecule has 1 aromatic rings. The van der Waals surface area contributed by atoms with E-state index in [1.165, 1.54) is 5.56 Å². The van der Waals surface area contributed by atoms with E-state index < -0.39 is 10.0 Å². The Kier molecular flexibility index (Phi) is 5.59.